The van der Waals surface area contributed by atoms with Gasteiger partial charge in [0.05, 0.1) is 16.6 Å². The standard InChI is InChI=1S/C62H54BN4OS/c1-60(2,3)35-20-24-38(25-21-35)64-45-32-52-41(40-28-37(62(7,8)9)23-27-51(40)69-52)30-42(45)55-56-57-53(54-39-18-14-15-19-50(39)68-58(54)55)43-29-36(61(4,5)6)22-26-47(43)67(57)48-33-49-46(31-44(48)63-56)65-59(66(49)10)34-16-12-11-13-17-34/h11-33,64H,1-10H3. The molecule has 1 aliphatic heterocycles. The lowest BCUT2D eigenvalue weighted by atomic mass is 9.58. The Bertz CT molecular complexity index is 4130. The predicted octanol–water partition coefficient (Wildman–Crippen LogP) is 15.9. The van der Waals surface area contributed by atoms with Crippen molar-refractivity contribution in [2.45, 2.75) is 78.6 Å². The minimum absolute atomic E-state index is 0.00511. The van der Waals surface area contributed by atoms with Gasteiger partial charge in [-0.2, -0.15) is 0 Å². The summed E-state index contributed by atoms with van der Waals surface area (Å²) in [6.07, 6.45) is 0. The third-order valence-corrected chi connectivity index (χ3v) is 15.9. The number of imidazole rings is 1. The summed E-state index contributed by atoms with van der Waals surface area (Å²) >= 11 is 1.86. The van der Waals surface area contributed by atoms with Gasteiger partial charge in [-0.3, -0.25) is 0 Å². The van der Waals surface area contributed by atoms with Crippen molar-refractivity contribution in [2.75, 3.05) is 5.32 Å². The molecule has 0 unspecified atom stereocenters. The van der Waals surface area contributed by atoms with E-state index in [-0.39, 0.29) is 16.2 Å². The van der Waals surface area contributed by atoms with Crippen molar-refractivity contribution < 1.29 is 4.42 Å². The van der Waals surface area contributed by atoms with Crippen LogP contribution in [0, 0.1) is 0 Å². The number of furan rings is 1. The van der Waals surface area contributed by atoms with Crippen LogP contribution in [0.3, 0.4) is 0 Å². The van der Waals surface area contributed by atoms with Gasteiger partial charge in [0.15, 0.2) is 7.28 Å². The summed E-state index contributed by atoms with van der Waals surface area (Å²) < 4.78 is 14.7. The number of nitrogens with one attached hydrogen (secondary N) is 1. The molecule has 337 valence electrons. The lowest BCUT2D eigenvalue weighted by Gasteiger charge is -2.25. The maximum absolute atomic E-state index is 7.33. The molecule has 0 bridgehead atoms. The second-order valence-electron chi connectivity index (χ2n) is 22.4. The predicted molar refractivity (Wildman–Crippen MR) is 297 cm³/mol. The molecule has 0 amide bonds. The van der Waals surface area contributed by atoms with Crippen LogP contribution in [0.4, 0.5) is 11.4 Å². The van der Waals surface area contributed by atoms with E-state index in [1.165, 1.54) is 58.7 Å². The first-order valence-electron chi connectivity index (χ1n) is 24.3. The highest BCUT2D eigenvalue weighted by Crippen LogP contribution is 2.49. The number of para-hydroxylation sites is 1. The first kappa shape index (κ1) is 42.1. The fourth-order valence-electron chi connectivity index (χ4n) is 11.0. The van der Waals surface area contributed by atoms with E-state index in [9.17, 15) is 0 Å². The van der Waals surface area contributed by atoms with E-state index < -0.39 is 0 Å². The SMILES string of the molecule is Cn1c(-c2ccccc2)nc2cc3c(cc21)-n1c2ccc(C(C)(C)C)cc2c2c4c(oc5ccccc54)c(-c4cc5c(cc4Nc4ccc(C(C)(C)C)cc4)sc4ccc(C(C)(C)C)cc45)c(c21)[B]3. The minimum atomic E-state index is -0.0564. The molecule has 13 rings (SSSR count). The Labute approximate surface area is 407 Å². The summed E-state index contributed by atoms with van der Waals surface area (Å²) in [6.45, 7) is 20.7. The second kappa shape index (κ2) is 14.5. The van der Waals surface area contributed by atoms with Crippen LogP contribution >= 0.6 is 11.3 Å². The molecule has 69 heavy (non-hydrogen) atoms. The maximum atomic E-state index is 7.33. The van der Waals surface area contributed by atoms with Crippen molar-refractivity contribution in [3.05, 3.63) is 156 Å². The van der Waals surface area contributed by atoms with E-state index in [0.29, 0.717) is 0 Å². The van der Waals surface area contributed by atoms with Crippen molar-refractivity contribution >= 4 is 116 Å². The highest BCUT2D eigenvalue weighted by molar-refractivity contribution is 7.25. The molecule has 0 atom stereocenters. The molecule has 0 saturated heterocycles. The number of anilines is 2. The van der Waals surface area contributed by atoms with E-state index in [1.54, 1.807) is 0 Å². The van der Waals surface area contributed by atoms with Gasteiger partial charge in [0.25, 0.3) is 0 Å². The summed E-state index contributed by atoms with van der Waals surface area (Å²) in [7, 11) is 4.57. The third-order valence-electron chi connectivity index (χ3n) is 14.8. The number of aromatic nitrogens is 3. The number of thiophene rings is 1. The van der Waals surface area contributed by atoms with E-state index in [4.69, 9.17) is 9.40 Å². The Morgan fingerprint density at radius 3 is 2.00 bits per heavy atom. The summed E-state index contributed by atoms with van der Waals surface area (Å²) in [6, 6.07) is 51.8. The van der Waals surface area contributed by atoms with E-state index in [2.05, 4.69) is 231 Å². The third kappa shape index (κ3) is 6.39. The van der Waals surface area contributed by atoms with Crippen molar-refractivity contribution in [2.24, 2.45) is 7.05 Å². The largest absolute Gasteiger partial charge is 0.455 e. The average molecular weight is 914 g/mol. The summed E-state index contributed by atoms with van der Waals surface area (Å²) in [5, 5.41) is 11.2. The van der Waals surface area contributed by atoms with Gasteiger partial charge in [-0.25, -0.2) is 4.98 Å². The van der Waals surface area contributed by atoms with Crippen LogP contribution in [0.25, 0.3) is 103 Å². The van der Waals surface area contributed by atoms with Crippen LogP contribution < -0.4 is 16.2 Å². The molecule has 1 aliphatic rings. The molecule has 5 heterocycles. The molecular formula is C62H54BN4OS. The summed E-state index contributed by atoms with van der Waals surface area (Å²) in [4.78, 5) is 5.31. The Morgan fingerprint density at radius 2 is 1.26 bits per heavy atom. The van der Waals surface area contributed by atoms with Crippen molar-refractivity contribution in [1.82, 2.24) is 14.1 Å². The number of benzene rings is 8. The number of hydrogen-bond donors (Lipinski definition) is 1. The van der Waals surface area contributed by atoms with Crippen LogP contribution in [0.1, 0.15) is 79.0 Å². The molecule has 1 N–H and O–H groups in total. The molecule has 5 nitrogen and oxygen atoms in total. The Morgan fingerprint density at radius 1 is 0.594 bits per heavy atom. The van der Waals surface area contributed by atoms with Crippen LogP contribution in [0.15, 0.2) is 144 Å². The van der Waals surface area contributed by atoms with Gasteiger partial charge < -0.3 is 18.9 Å². The first-order valence-corrected chi connectivity index (χ1v) is 25.1. The Hall–Kier alpha value is -7.09. The zero-order chi connectivity index (χ0) is 47.5. The van der Waals surface area contributed by atoms with Crippen molar-refractivity contribution in [3.8, 4) is 28.2 Å². The van der Waals surface area contributed by atoms with E-state index in [1.807, 2.05) is 11.3 Å². The molecule has 12 aromatic rings. The molecule has 0 spiro atoms. The number of aryl methyl sites for hydroxylation is 1. The maximum Gasteiger partial charge on any atom is 0.198 e. The quantitative estimate of drug-likeness (QED) is 0.179. The van der Waals surface area contributed by atoms with E-state index >= 15 is 0 Å². The fraction of sp³-hybridized carbons (Fsp3) is 0.210. The van der Waals surface area contributed by atoms with Crippen LogP contribution in [0.2, 0.25) is 0 Å². The smallest absolute Gasteiger partial charge is 0.198 e. The number of rotatable bonds is 4. The average Bonchev–Trinajstić information content (AvgIpc) is 4.06. The molecule has 8 aromatic carbocycles. The monoisotopic (exact) mass is 913 g/mol. The fourth-order valence-corrected chi connectivity index (χ4v) is 12.1. The van der Waals surface area contributed by atoms with Gasteiger partial charge in [-0.15, -0.1) is 11.3 Å². The molecule has 4 aromatic heterocycles. The lowest BCUT2D eigenvalue weighted by molar-refractivity contribution is 0.590. The van der Waals surface area contributed by atoms with Crippen molar-refractivity contribution in [1.29, 1.82) is 0 Å². The number of hydrogen-bond acceptors (Lipinski definition) is 4. The number of nitrogens with zero attached hydrogens (tertiary/aromatic N) is 3. The van der Waals surface area contributed by atoms with Crippen LogP contribution in [0.5, 0.6) is 0 Å². The molecular weight excluding hydrogens is 860 g/mol. The highest BCUT2D eigenvalue weighted by Gasteiger charge is 2.33. The van der Waals surface area contributed by atoms with Gasteiger partial charge in [-0.05, 0) is 105 Å². The molecule has 0 fully saturated rings. The first-order chi connectivity index (χ1) is 33.0. The summed E-state index contributed by atoms with van der Waals surface area (Å²) in [5.74, 6) is 0.949. The zero-order valence-corrected chi connectivity index (χ0v) is 41.8. The van der Waals surface area contributed by atoms with Gasteiger partial charge in [0.2, 0.25) is 0 Å². The van der Waals surface area contributed by atoms with Gasteiger partial charge in [0, 0.05) is 88.0 Å². The van der Waals surface area contributed by atoms with Gasteiger partial charge in [-0.1, -0.05) is 141 Å². The lowest BCUT2D eigenvalue weighted by Crippen LogP contribution is -2.37. The minimum Gasteiger partial charge on any atom is -0.455 e. The van der Waals surface area contributed by atoms with E-state index in [0.717, 1.165) is 83.5 Å². The van der Waals surface area contributed by atoms with Gasteiger partial charge in [0.1, 0.15) is 17.0 Å². The number of fused-ring (bicyclic) bond motifs is 13. The molecule has 1 radical (unpaired) electrons. The Balaban J connectivity index is 1.18. The van der Waals surface area contributed by atoms with Gasteiger partial charge >= 0.3 is 0 Å². The Kier molecular flexibility index (Phi) is 8.82. The summed E-state index contributed by atoms with van der Waals surface area (Å²) in [5.41, 5.74) is 18.9. The van der Waals surface area contributed by atoms with Crippen LogP contribution in [-0.2, 0) is 23.3 Å². The molecule has 0 saturated carbocycles. The van der Waals surface area contributed by atoms with Crippen LogP contribution in [-0.4, -0.2) is 21.4 Å². The molecule has 0 aliphatic carbocycles. The topological polar surface area (TPSA) is 47.9 Å². The zero-order valence-electron chi connectivity index (χ0n) is 41.0. The normalized spacial score (nSPS) is 13.2. The second-order valence-corrected chi connectivity index (χ2v) is 23.5. The van der Waals surface area contributed by atoms with Crippen molar-refractivity contribution in [3.63, 3.8) is 0 Å². The molecule has 7 heteroatoms. The highest BCUT2D eigenvalue weighted by atomic mass is 32.1.